The second-order valence-corrected chi connectivity index (χ2v) is 6.78. The van der Waals surface area contributed by atoms with Gasteiger partial charge in [-0.15, -0.1) is 0 Å². The van der Waals surface area contributed by atoms with Crippen LogP contribution in [-0.4, -0.2) is 35.2 Å². The number of carbonyl (C=O) groups excluding carboxylic acids is 3. The number of amides is 3. The van der Waals surface area contributed by atoms with E-state index in [1.165, 1.54) is 0 Å². The van der Waals surface area contributed by atoms with Gasteiger partial charge in [-0.1, -0.05) is 30.3 Å². The highest BCUT2D eigenvalue weighted by Crippen LogP contribution is 2.29. The van der Waals surface area contributed by atoms with E-state index in [9.17, 15) is 14.4 Å². The number of rotatable bonds is 2. The van der Waals surface area contributed by atoms with Gasteiger partial charge >= 0.3 is 0 Å². The van der Waals surface area contributed by atoms with Crippen molar-refractivity contribution < 1.29 is 14.4 Å². The van der Waals surface area contributed by atoms with Crippen molar-refractivity contribution in [2.24, 2.45) is 0 Å². The number of hydrogen-bond donors (Lipinski definition) is 0. The zero-order chi connectivity index (χ0) is 18.3. The standard InChI is InChI=1S/C21H20N2O3/c1-14(23-20(25)16-10-3-4-11-17(16)21(23)26)19(24)22-13-7-6-9-15-8-2-5-12-18(15)22/h2-5,8,10-12,14H,6-7,9,13H2,1H3/t14-/m1/s1. The van der Waals surface area contributed by atoms with Crippen molar-refractivity contribution in [3.05, 3.63) is 65.2 Å². The van der Waals surface area contributed by atoms with E-state index in [0.29, 0.717) is 17.7 Å². The van der Waals surface area contributed by atoms with Gasteiger partial charge in [0.15, 0.2) is 0 Å². The van der Waals surface area contributed by atoms with Gasteiger partial charge < -0.3 is 4.90 Å². The Bertz CT molecular complexity index is 871. The number of anilines is 1. The molecule has 0 bridgehead atoms. The molecule has 5 nitrogen and oxygen atoms in total. The molecule has 3 amide bonds. The first-order chi connectivity index (χ1) is 12.6. The van der Waals surface area contributed by atoms with Gasteiger partial charge in [-0.2, -0.15) is 0 Å². The highest BCUT2D eigenvalue weighted by atomic mass is 16.2. The Morgan fingerprint density at radius 2 is 1.54 bits per heavy atom. The number of carbonyl (C=O) groups is 3. The van der Waals surface area contributed by atoms with Crippen LogP contribution in [0.1, 0.15) is 46.0 Å². The predicted octanol–water partition coefficient (Wildman–Crippen LogP) is 3.04. The van der Waals surface area contributed by atoms with Crippen LogP contribution >= 0.6 is 0 Å². The molecule has 1 atom stereocenters. The van der Waals surface area contributed by atoms with Crippen LogP contribution in [0.2, 0.25) is 0 Å². The maximum absolute atomic E-state index is 13.2. The summed E-state index contributed by atoms with van der Waals surface area (Å²) in [4.78, 5) is 41.4. The number of benzene rings is 2. The molecule has 0 radical (unpaired) electrons. The van der Waals surface area contributed by atoms with Crippen molar-refractivity contribution >= 4 is 23.4 Å². The van der Waals surface area contributed by atoms with E-state index in [2.05, 4.69) is 0 Å². The summed E-state index contributed by atoms with van der Waals surface area (Å²) in [5.74, 6) is -1.00. The predicted molar refractivity (Wildman–Crippen MR) is 98.1 cm³/mol. The minimum absolute atomic E-state index is 0.214. The SMILES string of the molecule is C[C@H](C(=O)N1CCCCc2ccccc21)N1C(=O)c2ccccc2C1=O. The summed E-state index contributed by atoms with van der Waals surface area (Å²) in [5.41, 5.74) is 2.76. The fraction of sp³-hybridized carbons (Fsp3) is 0.286. The Morgan fingerprint density at radius 3 is 2.23 bits per heavy atom. The van der Waals surface area contributed by atoms with Gasteiger partial charge in [-0.3, -0.25) is 19.3 Å². The van der Waals surface area contributed by atoms with Gasteiger partial charge in [-0.05, 0) is 49.9 Å². The molecule has 4 rings (SSSR count). The van der Waals surface area contributed by atoms with Gasteiger partial charge in [0, 0.05) is 12.2 Å². The number of imide groups is 1. The highest BCUT2D eigenvalue weighted by Gasteiger charge is 2.42. The minimum atomic E-state index is -0.839. The van der Waals surface area contributed by atoms with Crippen LogP contribution in [0, 0.1) is 0 Å². The Hall–Kier alpha value is -2.95. The van der Waals surface area contributed by atoms with Crippen LogP contribution in [0.5, 0.6) is 0 Å². The average Bonchev–Trinajstić information content (AvgIpc) is 2.82. The van der Waals surface area contributed by atoms with E-state index in [1.54, 1.807) is 36.1 Å². The number of para-hydroxylation sites is 1. The van der Waals surface area contributed by atoms with Crippen LogP contribution in [0.25, 0.3) is 0 Å². The lowest BCUT2D eigenvalue weighted by Gasteiger charge is -2.29. The summed E-state index contributed by atoms with van der Waals surface area (Å²) in [6.45, 7) is 2.24. The van der Waals surface area contributed by atoms with Crippen molar-refractivity contribution in [2.45, 2.75) is 32.2 Å². The Kier molecular flexibility index (Phi) is 4.07. The fourth-order valence-corrected chi connectivity index (χ4v) is 3.82. The van der Waals surface area contributed by atoms with Crippen LogP contribution in [0.15, 0.2) is 48.5 Å². The first-order valence-electron chi connectivity index (χ1n) is 8.96. The minimum Gasteiger partial charge on any atom is -0.310 e. The first kappa shape index (κ1) is 16.5. The first-order valence-corrected chi connectivity index (χ1v) is 8.96. The molecule has 26 heavy (non-hydrogen) atoms. The van der Waals surface area contributed by atoms with E-state index >= 15 is 0 Å². The van der Waals surface area contributed by atoms with Crippen LogP contribution in [0.4, 0.5) is 5.69 Å². The summed E-state index contributed by atoms with van der Waals surface area (Å²) >= 11 is 0. The van der Waals surface area contributed by atoms with Gasteiger partial charge in [0.2, 0.25) is 5.91 Å². The van der Waals surface area contributed by atoms with Gasteiger partial charge in [0.25, 0.3) is 11.8 Å². The quantitative estimate of drug-likeness (QED) is 0.784. The van der Waals surface area contributed by atoms with Gasteiger partial charge in [-0.25, -0.2) is 0 Å². The van der Waals surface area contributed by atoms with E-state index in [0.717, 1.165) is 35.4 Å². The molecule has 0 spiro atoms. The average molecular weight is 348 g/mol. The second kappa shape index (κ2) is 6.41. The number of nitrogens with zero attached hydrogens (tertiary/aromatic N) is 2. The molecule has 0 saturated carbocycles. The van der Waals surface area contributed by atoms with Crippen molar-refractivity contribution in [1.82, 2.24) is 4.90 Å². The van der Waals surface area contributed by atoms with Crippen molar-refractivity contribution in [3.8, 4) is 0 Å². The maximum Gasteiger partial charge on any atom is 0.262 e. The van der Waals surface area contributed by atoms with Crippen molar-refractivity contribution in [1.29, 1.82) is 0 Å². The van der Waals surface area contributed by atoms with E-state index in [4.69, 9.17) is 0 Å². The molecule has 132 valence electrons. The normalized spacial score (nSPS) is 17.6. The molecule has 0 N–H and O–H groups in total. The van der Waals surface area contributed by atoms with Gasteiger partial charge in [0.05, 0.1) is 11.1 Å². The topological polar surface area (TPSA) is 57.7 Å². The molecule has 2 aromatic rings. The maximum atomic E-state index is 13.2. The third kappa shape index (κ3) is 2.51. The molecule has 2 aliphatic rings. The molecule has 0 aliphatic carbocycles. The third-order valence-corrected chi connectivity index (χ3v) is 5.20. The largest absolute Gasteiger partial charge is 0.310 e. The fourth-order valence-electron chi connectivity index (χ4n) is 3.82. The molecule has 0 saturated heterocycles. The lowest BCUT2D eigenvalue weighted by Crippen LogP contribution is -2.49. The summed E-state index contributed by atoms with van der Waals surface area (Å²) in [6, 6.07) is 13.7. The monoisotopic (exact) mass is 348 g/mol. The highest BCUT2D eigenvalue weighted by molar-refractivity contribution is 6.23. The van der Waals surface area contributed by atoms with E-state index in [-0.39, 0.29) is 5.91 Å². The number of fused-ring (bicyclic) bond motifs is 2. The summed E-state index contributed by atoms with van der Waals surface area (Å²) in [7, 11) is 0. The van der Waals surface area contributed by atoms with Crippen LogP contribution < -0.4 is 4.90 Å². The van der Waals surface area contributed by atoms with Crippen LogP contribution in [0.3, 0.4) is 0 Å². The second-order valence-electron chi connectivity index (χ2n) is 6.78. The molecular formula is C21H20N2O3. The van der Waals surface area contributed by atoms with Crippen molar-refractivity contribution in [3.63, 3.8) is 0 Å². The zero-order valence-corrected chi connectivity index (χ0v) is 14.6. The van der Waals surface area contributed by atoms with Gasteiger partial charge in [0.1, 0.15) is 6.04 Å². The van der Waals surface area contributed by atoms with E-state index in [1.807, 2.05) is 24.3 Å². The molecule has 0 fully saturated rings. The summed E-state index contributed by atoms with van der Waals surface area (Å²) in [5, 5.41) is 0. The summed E-state index contributed by atoms with van der Waals surface area (Å²) in [6.07, 6.45) is 2.85. The Morgan fingerprint density at radius 1 is 0.923 bits per heavy atom. The molecule has 2 aliphatic heterocycles. The molecule has 5 heteroatoms. The lowest BCUT2D eigenvalue weighted by molar-refractivity contribution is -0.122. The number of aryl methyl sites for hydroxylation is 1. The summed E-state index contributed by atoms with van der Waals surface area (Å²) < 4.78 is 0. The molecule has 2 heterocycles. The van der Waals surface area contributed by atoms with E-state index < -0.39 is 17.9 Å². The van der Waals surface area contributed by atoms with Crippen molar-refractivity contribution in [2.75, 3.05) is 11.4 Å². The Labute approximate surface area is 152 Å². The number of hydrogen-bond acceptors (Lipinski definition) is 3. The molecular weight excluding hydrogens is 328 g/mol. The smallest absolute Gasteiger partial charge is 0.262 e. The molecule has 0 unspecified atom stereocenters. The Balaban J connectivity index is 1.65. The molecule has 0 aromatic heterocycles. The lowest BCUT2D eigenvalue weighted by atomic mass is 10.1. The third-order valence-electron chi connectivity index (χ3n) is 5.20. The zero-order valence-electron chi connectivity index (χ0n) is 14.6. The molecule has 2 aromatic carbocycles. The van der Waals surface area contributed by atoms with Crippen LogP contribution in [-0.2, 0) is 11.2 Å².